The van der Waals surface area contributed by atoms with E-state index in [-0.39, 0.29) is 17.2 Å². The Morgan fingerprint density at radius 3 is 2.13 bits per heavy atom. The van der Waals surface area contributed by atoms with Crippen molar-refractivity contribution in [3.63, 3.8) is 0 Å². The van der Waals surface area contributed by atoms with Crippen LogP contribution in [-0.2, 0) is 9.59 Å². The average Bonchev–Trinajstić information content (AvgIpc) is 2.90. The van der Waals surface area contributed by atoms with Crippen molar-refractivity contribution in [2.24, 2.45) is 29.1 Å². The number of carbonyl (C=O) groups is 2. The Morgan fingerprint density at radius 2 is 1.55 bits per heavy atom. The summed E-state index contributed by atoms with van der Waals surface area (Å²) in [5.41, 5.74) is 2.76. The van der Waals surface area contributed by atoms with Crippen LogP contribution in [0.15, 0.2) is 54.6 Å². The summed E-state index contributed by atoms with van der Waals surface area (Å²) >= 11 is 0. The summed E-state index contributed by atoms with van der Waals surface area (Å²) in [7, 11) is 0. The number of amides is 1. The van der Waals surface area contributed by atoms with Crippen molar-refractivity contribution in [1.29, 1.82) is 0 Å². The molecule has 0 bridgehead atoms. The second-order valence-electron chi connectivity index (χ2n) is 12.7. The molecule has 206 valence electrons. The van der Waals surface area contributed by atoms with Gasteiger partial charge in [-0.2, -0.15) is 0 Å². The monoisotopic (exact) mass is 517 g/mol. The van der Waals surface area contributed by atoms with Crippen molar-refractivity contribution in [3.05, 3.63) is 65.7 Å². The van der Waals surface area contributed by atoms with Crippen molar-refractivity contribution in [2.75, 3.05) is 19.7 Å². The first-order valence-corrected chi connectivity index (χ1v) is 14.7. The van der Waals surface area contributed by atoms with Crippen molar-refractivity contribution in [1.82, 2.24) is 4.90 Å². The van der Waals surface area contributed by atoms with Crippen LogP contribution < -0.4 is 4.74 Å². The first-order valence-electron chi connectivity index (χ1n) is 14.7. The van der Waals surface area contributed by atoms with E-state index in [0.717, 1.165) is 50.9 Å². The molecule has 2 fully saturated rings. The molecule has 3 unspecified atom stereocenters. The molecule has 4 heteroatoms. The fraction of sp³-hybridized carbons (Fsp3) is 0.588. The lowest BCUT2D eigenvalue weighted by molar-refractivity contribution is -0.131. The average molecular weight is 518 g/mol. The Bertz CT molecular complexity index is 1050. The number of rotatable bonds is 8. The molecule has 0 N–H and O–H groups in total. The summed E-state index contributed by atoms with van der Waals surface area (Å²) < 4.78 is 5.72. The smallest absolute Gasteiger partial charge is 0.219 e. The first-order chi connectivity index (χ1) is 18.2. The molecular formula is C34H47NO3. The lowest BCUT2D eigenvalue weighted by Gasteiger charge is -2.45. The van der Waals surface area contributed by atoms with E-state index in [1.165, 1.54) is 11.1 Å². The van der Waals surface area contributed by atoms with Gasteiger partial charge in [0.05, 0.1) is 6.61 Å². The van der Waals surface area contributed by atoms with E-state index in [1.54, 1.807) is 6.92 Å². The molecule has 4 rings (SSSR count). The minimum atomic E-state index is 0.0665. The fourth-order valence-corrected chi connectivity index (χ4v) is 7.07. The van der Waals surface area contributed by atoms with Gasteiger partial charge in [-0.1, -0.05) is 63.2 Å². The van der Waals surface area contributed by atoms with E-state index in [9.17, 15) is 9.59 Å². The molecule has 1 aliphatic heterocycles. The maximum absolute atomic E-state index is 13.8. The predicted molar refractivity (Wildman–Crippen MR) is 154 cm³/mol. The molecule has 0 spiro atoms. The number of nitrogens with zero attached hydrogens (tertiary/aromatic N) is 1. The second kappa shape index (κ2) is 12.5. The second-order valence-corrected chi connectivity index (χ2v) is 12.7. The number of benzene rings is 2. The highest BCUT2D eigenvalue weighted by Gasteiger charge is 2.43. The van der Waals surface area contributed by atoms with E-state index in [4.69, 9.17) is 4.74 Å². The number of carbonyl (C=O) groups excluding carboxylic acids is 2. The van der Waals surface area contributed by atoms with Crippen molar-refractivity contribution >= 4 is 11.7 Å². The fourth-order valence-electron chi connectivity index (χ4n) is 7.07. The Balaban J connectivity index is 1.52. The van der Waals surface area contributed by atoms with Crippen LogP contribution in [0, 0.1) is 29.1 Å². The highest BCUT2D eigenvalue weighted by atomic mass is 16.5. The molecule has 2 aromatic carbocycles. The van der Waals surface area contributed by atoms with Gasteiger partial charge in [-0.05, 0) is 85.5 Å². The topological polar surface area (TPSA) is 46.6 Å². The highest BCUT2D eigenvalue weighted by molar-refractivity contribution is 5.82. The van der Waals surface area contributed by atoms with Crippen LogP contribution in [0.3, 0.4) is 0 Å². The zero-order valence-electron chi connectivity index (χ0n) is 24.1. The lowest BCUT2D eigenvalue weighted by Crippen LogP contribution is -2.41. The lowest BCUT2D eigenvalue weighted by atomic mass is 9.59. The van der Waals surface area contributed by atoms with Gasteiger partial charge in [-0.15, -0.1) is 0 Å². The number of hydrogen-bond acceptors (Lipinski definition) is 3. The van der Waals surface area contributed by atoms with Crippen LogP contribution in [-0.4, -0.2) is 36.3 Å². The predicted octanol–water partition coefficient (Wildman–Crippen LogP) is 7.51. The van der Waals surface area contributed by atoms with Gasteiger partial charge in [-0.3, -0.25) is 9.59 Å². The third-order valence-electron chi connectivity index (χ3n) is 9.15. The van der Waals surface area contributed by atoms with Gasteiger partial charge in [0.2, 0.25) is 5.91 Å². The minimum absolute atomic E-state index is 0.0665. The molecule has 2 aromatic rings. The third kappa shape index (κ3) is 6.87. The molecule has 1 aliphatic carbocycles. The Morgan fingerprint density at radius 1 is 0.921 bits per heavy atom. The molecule has 1 saturated carbocycles. The summed E-state index contributed by atoms with van der Waals surface area (Å²) in [5, 5.41) is 0. The molecule has 0 radical (unpaired) electrons. The number of ether oxygens (including phenoxy) is 1. The molecule has 4 atom stereocenters. The van der Waals surface area contributed by atoms with Crippen LogP contribution in [0.25, 0.3) is 0 Å². The summed E-state index contributed by atoms with van der Waals surface area (Å²) in [6.45, 7) is 12.9. The van der Waals surface area contributed by atoms with E-state index in [0.29, 0.717) is 42.5 Å². The Labute approximate surface area is 230 Å². The molecule has 2 aliphatic rings. The van der Waals surface area contributed by atoms with Gasteiger partial charge in [0, 0.05) is 38.3 Å². The standard InChI is InChI=1S/C34H47NO3/c1-6-38-29-15-12-27(13-16-29)33(26-10-8-7-9-11-26)28-14-17-30(31(23-28)34(3,4)5)32(37)22-25-18-20-35(21-19-25)24(2)36/h7-13,15-16,25,28,30-31,33H,6,14,17-23H2,1-5H3/t28?,30?,31-,33?/m0/s1. The summed E-state index contributed by atoms with van der Waals surface area (Å²) in [5.74, 6) is 3.24. The zero-order valence-corrected chi connectivity index (χ0v) is 24.1. The number of Topliss-reactive ketones (excluding diaryl/α,β-unsaturated/α-hetero) is 1. The van der Waals surface area contributed by atoms with Gasteiger partial charge < -0.3 is 9.64 Å². The summed E-state index contributed by atoms with van der Waals surface area (Å²) in [6, 6.07) is 19.6. The van der Waals surface area contributed by atoms with Gasteiger partial charge >= 0.3 is 0 Å². The van der Waals surface area contributed by atoms with Crippen LogP contribution in [0.1, 0.15) is 90.2 Å². The van der Waals surface area contributed by atoms with Crippen molar-refractivity contribution in [3.8, 4) is 5.75 Å². The van der Waals surface area contributed by atoms with Crippen molar-refractivity contribution in [2.45, 2.75) is 79.1 Å². The molecule has 4 nitrogen and oxygen atoms in total. The molecule has 38 heavy (non-hydrogen) atoms. The third-order valence-corrected chi connectivity index (χ3v) is 9.15. The van der Waals surface area contributed by atoms with E-state index in [2.05, 4.69) is 75.4 Å². The largest absolute Gasteiger partial charge is 0.494 e. The van der Waals surface area contributed by atoms with E-state index in [1.807, 2.05) is 11.8 Å². The SMILES string of the molecule is CCOc1ccc(C(c2ccccc2)C2CCC(C(=O)CC3CCN(C(C)=O)CC3)[C@@H](C(C)(C)C)C2)cc1. The number of ketones is 1. The number of likely N-dealkylation sites (tertiary alicyclic amines) is 1. The molecular weight excluding hydrogens is 470 g/mol. The maximum atomic E-state index is 13.8. The zero-order chi connectivity index (χ0) is 27.3. The van der Waals surface area contributed by atoms with Gasteiger partial charge in [0.25, 0.3) is 0 Å². The van der Waals surface area contributed by atoms with Gasteiger partial charge in [-0.25, -0.2) is 0 Å². The molecule has 1 saturated heterocycles. The summed E-state index contributed by atoms with van der Waals surface area (Å²) in [4.78, 5) is 27.4. The highest BCUT2D eigenvalue weighted by Crippen LogP contribution is 2.50. The normalized spacial score (nSPS) is 23.6. The maximum Gasteiger partial charge on any atom is 0.219 e. The van der Waals surface area contributed by atoms with Gasteiger partial charge in [0.15, 0.2) is 0 Å². The molecule has 1 heterocycles. The Hall–Kier alpha value is -2.62. The van der Waals surface area contributed by atoms with Crippen LogP contribution in [0.4, 0.5) is 0 Å². The van der Waals surface area contributed by atoms with E-state index < -0.39 is 0 Å². The van der Waals surface area contributed by atoms with E-state index >= 15 is 0 Å². The minimum Gasteiger partial charge on any atom is -0.494 e. The Kier molecular flexibility index (Phi) is 9.33. The van der Waals surface area contributed by atoms with Gasteiger partial charge in [0.1, 0.15) is 11.5 Å². The number of piperidine rings is 1. The summed E-state index contributed by atoms with van der Waals surface area (Å²) in [6.07, 6.45) is 5.68. The van der Waals surface area contributed by atoms with Crippen LogP contribution >= 0.6 is 0 Å². The molecule has 1 amide bonds. The first kappa shape index (κ1) is 28.4. The van der Waals surface area contributed by atoms with Crippen LogP contribution in [0.2, 0.25) is 0 Å². The molecule has 0 aromatic heterocycles. The van der Waals surface area contributed by atoms with Crippen molar-refractivity contribution < 1.29 is 14.3 Å². The number of hydrogen-bond donors (Lipinski definition) is 0. The van der Waals surface area contributed by atoms with Crippen LogP contribution in [0.5, 0.6) is 5.75 Å². The quantitative estimate of drug-likeness (QED) is 0.364.